The Hall–Kier alpha value is -3.53. The van der Waals surface area contributed by atoms with Crippen molar-refractivity contribution in [3.8, 4) is 23.0 Å². The molecule has 0 aliphatic rings. The van der Waals surface area contributed by atoms with E-state index >= 15 is 0 Å². The molecule has 0 radical (unpaired) electrons. The molecule has 7 heteroatoms. The Labute approximate surface area is 132 Å². The van der Waals surface area contributed by atoms with Crippen LogP contribution in [0.3, 0.4) is 0 Å². The van der Waals surface area contributed by atoms with Crippen molar-refractivity contribution in [2.45, 2.75) is 0 Å². The Morgan fingerprint density at radius 3 is 2.87 bits per heavy atom. The van der Waals surface area contributed by atoms with Crippen molar-refractivity contribution in [3.63, 3.8) is 0 Å². The third-order valence-corrected chi connectivity index (χ3v) is 3.14. The maximum atomic E-state index is 11.7. The standard InChI is InChI=1S/C16H12N6O/c17-5-7-19-16(23)12-3-4-15(20-8-12)13-9-21-22(11-13)14-2-1-6-18-10-14/h1-4,6,8-11H,7H2,(H,19,23). The quantitative estimate of drug-likeness (QED) is 0.738. The van der Waals surface area contributed by atoms with Crippen LogP contribution in [0.25, 0.3) is 16.9 Å². The molecule has 1 N–H and O–H groups in total. The summed E-state index contributed by atoms with van der Waals surface area (Å²) in [4.78, 5) is 20.0. The van der Waals surface area contributed by atoms with E-state index in [9.17, 15) is 4.79 Å². The zero-order valence-electron chi connectivity index (χ0n) is 12.0. The summed E-state index contributed by atoms with van der Waals surface area (Å²) in [5.74, 6) is -0.323. The molecule has 112 valence electrons. The molecule has 0 saturated heterocycles. The summed E-state index contributed by atoms with van der Waals surface area (Å²) in [6.45, 7) is -0.0293. The molecule has 0 aliphatic heterocycles. The lowest BCUT2D eigenvalue weighted by Crippen LogP contribution is -2.23. The molecule has 0 aliphatic carbocycles. The largest absolute Gasteiger partial charge is 0.339 e. The van der Waals surface area contributed by atoms with Gasteiger partial charge in [0.25, 0.3) is 5.91 Å². The van der Waals surface area contributed by atoms with Crippen molar-refractivity contribution >= 4 is 5.91 Å². The lowest BCUT2D eigenvalue weighted by atomic mass is 10.2. The summed E-state index contributed by atoms with van der Waals surface area (Å²) >= 11 is 0. The highest BCUT2D eigenvalue weighted by Gasteiger charge is 2.08. The zero-order valence-corrected chi connectivity index (χ0v) is 12.0. The second-order valence-corrected chi connectivity index (χ2v) is 4.66. The van der Waals surface area contributed by atoms with E-state index in [1.807, 2.05) is 24.4 Å². The molecular weight excluding hydrogens is 292 g/mol. The smallest absolute Gasteiger partial charge is 0.253 e. The molecule has 0 aromatic carbocycles. The van der Waals surface area contributed by atoms with Crippen LogP contribution in [0.2, 0.25) is 0 Å². The first-order valence-electron chi connectivity index (χ1n) is 6.84. The van der Waals surface area contributed by atoms with Crippen LogP contribution in [0.1, 0.15) is 10.4 Å². The molecule has 0 atom stereocenters. The number of pyridine rings is 2. The lowest BCUT2D eigenvalue weighted by Gasteiger charge is -2.02. The highest BCUT2D eigenvalue weighted by Crippen LogP contribution is 2.18. The van der Waals surface area contributed by atoms with Crippen molar-refractivity contribution in [2.75, 3.05) is 6.54 Å². The Kier molecular flexibility index (Phi) is 4.07. The number of rotatable bonds is 4. The van der Waals surface area contributed by atoms with Gasteiger partial charge in [0, 0.05) is 24.2 Å². The molecular formula is C16H12N6O. The first-order chi connectivity index (χ1) is 11.3. The summed E-state index contributed by atoms with van der Waals surface area (Å²) in [5.41, 5.74) is 2.80. The first kappa shape index (κ1) is 14.4. The normalized spacial score (nSPS) is 10.0. The molecule has 0 spiro atoms. The fourth-order valence-corrected chi connectivity index (χ4v) is 2.01. The molecule has 7 nitrogen and oxygen atoms in total. The van der Waals surface area contributed by atoms with Crippen LogP contribution in [0.4, 0.5) is 0 Å². The number of nitriles is 1. The number of hydrogen-bond donors (Lipinski definition) is 1. The van der Waals surface area contributed by atoms with Crippen LogP contribution in [-0.4, -0.2) is 32.2 Å². The molecule has 1 amide bonds. The predicted octanol–water partition coefficient (Wildman–Crippen LogP) is 1.58. The van der Waals surface area contributed by atoms with E-state index in [2.05, 4.69) is 20.4 Å². The second kappa shape index (κ2) is 6.49. The topological polar surface area (TPSA) is 96.5 Å². The average Bonchev–Trinajstić information content (AvgIpc) is 3.11. The van der Waals surface area contributed by atoms with E-state index in [4.69, 9.17) is 5.26 Å². The maximum Gasteiger partial charge on any atom is 0.253 e. The van der Waals surface area contributed by atoms with Crippen LogP contribution >= 0.6 is 0 Å². The van der Waals surface area contributed by atoms with Crippen molar-refractivity contribution < 1.29 is 4.79 Å². The van der Waals surface area contributed by atoms with Crippen LogP contribution in [0.5, 0.6) is 0 Å². The molecule has 3 aromatic rings. The first-order valence-corrected chi connectivity index (χ1v) is 6.84. The zero-order chi connectivity index (χ0) is 16.1. The van der Waals surface area contributed by atoms with E-state index < -0.39 is 0 Å². The minimum absolute atomic E-state index is 0.0293. The number of carbonyl (C=O) groups excluding carboxylic acids is 1. The summed E-state index contributed by atoms with van der Waals surface area (Å²) in [6, 6.07) is 9.00. The third-order valence-electron chi connectivity index (χ3n) is 3.14. The molecule has 0 saturated carbocycles. The van der Waals surface area contributed by atoms with Crippen LogP contribution < -0.4 is 5.32 Å². The SMILES string of the molecule is N#CCNC(=O)c1ccc(-c2cnn(-c3cccnc3)c2)nc1. The number of carbonyl (C=O) groups is 1. The van der Waals surface area contributed by atoms with Crippen LogP contribution in [0.15, 0.2) is 55.2 Å². The van der Waals surface area contributed by atoms with Gasteiger partial charge in [0.15, 0.2) is 0 Å². The van der Waals surface area contributed by atoms with Gasteiger partial charge in [0.1, 0.15) is 6.54 Å². The molecule has 0 bridgehead atoms. The van der Waals surface area contributed by atoms with Gasteiger partial charge in [-0.2, -0.15) is 10.4 Å². The van der Waals surface area contributed by atoms with Crippen molar-refractivity contribution in [1.29, 1.82) is 5.26 Å². The number of nitrogens with zero attached hydrogens (tertiary/aromatic N) is 5. The van der Waals surface area contributed by atoms with Crippen molar-refractivity contribution in [3.05, 3.63) is 60.8 Å². The Bertz CT molecular complexity index is 848. The Balaban J connectivity index is 1.79. The molecule has 3 rings (SSSR count). The minimum Gasteiger partial charge on any atom is -0.339 e. The summed E-state index contributed by atoms with van der Waals surface area (Å²) in [6.07, 6.45) is 8.43. The van der Waals surface area contributed by atoms with Crippen molar-refractivity contribution in [2.24, 2.45) is 0 Å². The third kappa shape index (κ3) is 3.22. The lowest BCUT2D eigenvalue weighted by molar-refractivity contribution is 0.0958. The fraction of sp³-hybridized carbons (Fsp3) is 0.0625. The minimum atomic E-state index is -0.323. The van der Waals surface area contributed by atoms with Gasteiger partial charge < -0.3 is 5.32 Å². The van der Waals surface area contributed by atoms with Gasteiger partial charge in [-0.15, -0.1) is 0 Å². The van der Waals surface area contributed by atoms with E-state index in [1.54, 1.807) is 35.4 Å². The van der Waals surface area contributed by atoms with Gasteiger partial charge in [-0.05, 0) is 24.3 Å². The van der Waals surface area contributed by atoms with Gasteiger partial charge in [-0.1, -0.05) is 0 Å². The Morgan fingerprint density at radius 2 is 2.17 bits per heavy atom. The summed E-state index contributed by atoms with van der Waals surface area (Å²) in [5, 5.41) is 15.2. The fourth-order valence-electron chi connectivity index (χ4n) is 2.01. The van der Waals surface area contributed by atoms with E-state index in [-0.39, 0.29) is 12.5 Å². The van der Waals surface area contributed by atoms with E-state index in [0.717, 1.165) is 11.3 Å². The average molecular weight is 304 g/mol. The highest BCUT2D eigenvalue weighted by atomic mass is 16.1. The van der Waals surface area contributed by atoms with Crippen LogP contribution in [-0.2, 0) is 0 Å². The van der Waals surface area contributed by atoms with Gasteiger partial charge >= 0.3 is 0 Å². The molecule has 0 fully saturated rings. The number of aromatic nitrogens is 4. The number of amides is 1. The van der Waals surface area contributed by atoms with E-state index in [1.165, 1.54) is 6.20 Å². The second-order valence-electron chi connectivity index (χ2n) is 4.66. The number of hydrogen-bond acceptors (Lipinski definition) is 5. The van der Waals surface area contributed by atoms with Crippen molar-refractivity contribution in [1.82, 2.24) is 25.1 Å². The summed E-state index contributed by atoms with van der Waals surface area (Å²) in [7, 11) is 0. The van der Waals surface area contributed by atoms with E-state index in [0.29, 0.717) is 11.3 Å². The molecule has 3 aromatic heterocycles. The molecule has 0 unspecified atom stereocenters. The predicted molar refractivity (Wildman–Crippen MR) is 82.5 cm³/mol. The van der Waals surface area contributed by atoms with Crippen LogP contribution in [0, 0.1) is 11.3 Å². The maximum absolute atomic E-state index is 11.7. The molecule has 3 heterocycles. The summed E-state index contributed by atoms with van der Waals surface area (Å²) < 4.78 is 1.71. The van der Waals surface area contributed by atoms with Gasteiger partial charge in [0.2, 0.25) is 0 Å². The van der Waals surface area contributed by atoms with Gasteiger partial charge in [-0.25, -0.2) is 4.68 Å². The molecule has 23 heavy (non-hydrogen) atoms. The van der Waals surface area contributed by atoms with Gasteiger partial charge in [-0.3, -0.25) is 14.8 Å². The monoisotopic (exact) mass is 304 g/mol. The highest BCUT2D eigenvalue weighted by molar-refractivity contribution is 5.94. The van der Waals surface area contributed by atoms with Gasteiger partial charge in [0.05, 0.1) is 35.4 Å². The number of nitrogens with one attached hydrogen (secondary N) is 1. The Morgan fingerprint density at radius 1 is 1.26 bits per heavy atom.